The maximum absolute atomic E-state index is 12.2. The van der Waals surface area contributed by atoms with Gasteiger partial charge in [-0.2, -0.15) is 0 Å². The van der Waals surface area contributed by atoms with E-state index in [4.69, 9.17) is 5.73 Å². The van der Waals surface area contributed by atoms with E-state index in [0.717, 1.165) is 6.42 Å². The molecule has 0 radical (unpaired) electrons. The number of nitrogens with two attached hydrogens (primary N) is 1. The Labute approximate surface area is 138 Å². The lowest BCUT2D eigenvalue weighted by molar-refractivity contribution is 0.0953. The summed E-state index contributed by atoms with van der Waals surface area (Å²) >= 11 is 0. The van der Waals surface area contributed by atoms with Crippen LogP contribution in [0.1, 0.15) is 53.5 Å². The van der Waals surface area contributed by atoms with Gasteiger partial charge in [0.05, 0.1) is 0 Å². The second-order valence-electron chi connectivity index (χ2n) is 5.52. The van der Waals surface area contributed by atoms with Gasteiger partial charge in [-0.05, 0) is 24.6 Å². The highest BCUT2D eigenvalue weighted by Gasteiger charge is 2.12. The quantitative estimate of drug-likeness (QED) is 0.696. The summed E-state index contributed by atoms with van der Waals surface area (Å²) in [5.74, 6) is 5.81. The number of hydrogen-bond acceptors (Lipinski definition) is 3. The highest BCUT2D eigenvalue weighted by atomic mass is 16.2. The molecule has 0 aliphatic heterocycles. The predicted molar refractivity (Wildman–Crippen MR) is 92.2 cm³/mol. The van der Waals surface area contributed by atoms with Gasteiger partial charge in [0, 0.05) is 42.2 Å². The van der Waals surface area contributed by atoms with E-state index in [9.17, 15) is 9.59 Å². The van der Waals surface area contributed by atoms with Gasteiger partial charge in [0.2, 0.25) is 0 Å². The molecule has 5 heteroatoms. The van der Waals surface area contributed by atoms with E-state index in [2.05, 4.69) is 22.5 Å². The van der Waals surface area contributed by atoms with Gasteiger partial charge < -0.3 is 16.4 Å². The zero-order valence-corrected chi connectivity index (χ0v) is 14.0. The fraction of sp³-hybridized carbons (Fsp3) is 0.444. The minimum atomic E-state index is -0.256. The van der Waals surface area contributed by atoms with Gasteiger partial charge in [-0.1, -0.05) is 32.6 Å². The van der Waals surface area contributed by atoms with Crippen LogP contribution >= 0.6 is 0 Å². The Kier molecular flexibility index (Phi) is 7.86. The average molecular weight is 315 g/mol. The molecule has 0 aliphatic rings. The second-order valence-corrected chi connectivity index (χ2v) is 5.52. The first-order valence-corrected chi connectivity index (χ1v) is 7.91. The molecule has 1 aromatic rings. The zero-order chi connectivity index (χ0) is 17.2. The van der Waals surface area contributed by atoms with Gasteiger partial charge in [0.1, 0.15) is 0 Å². The van der Waals surface area contributed by atoms with Crippen molar-refractivity contribution in [1.29, 1.82) is 0 Å². The Morgan fingerprint density at radius 2 is 1.65 bits per heavy atom. The van der Waals surface area contributed by atoms with Crippen molar-refractivity contribution >= 4 is 11.8 Å². The first kappa shape index (κ1) is 18.7. The van der Waals surface area contributed by atoms with Gasteiger partial charge in [0.15, 0.2) is 0 Å². The number of rotatable bonds is 6. The number of nitrogens with one attached hydrogen (secondary N) is 2. The summed E-state index contributed by atoms with van der Waals surface area (Å²) in [5, 5.41) is 5.52. The smallest absolute Gasteiger partial charge is 0.251 e. The first-order valence-electron chi connectivity index (χ1n) is 7.91. The van der Waals surface area contributed by atoms with Crippen molar-refractivity contribution < 1.29 is 9.59 Å². The molecule has 0 spiro atoms. The molecule has 0 heterocycles. The molecular formula is C18H25N3O2. The fourth-order valence-corrected chi connectivity index (χ4v) is 1.82. The lowest BCUT2D eigenvalue weighted by Gasteiger charge is -2.08. The van der Waals surface area contributed by atoms with Crippen LogP contribution in [-0.4, -0.2) is 31.4 Å². The van der Waals surface area contributed by atoms with E-state index < -0.39 is 0 Å². The van der Waals surface area contributed by atoms with Crippen LogP contribution in [-0.2, 0) is 0 Å². The van der Waals surface area contributed by atoms with Crippen molar-refractivity contribution in [2.75, 3.05) is 19.6 Å². The number of carbonyl (C=O) groups is 2. The lowest BCUT2D eigenvalue weighted by Crippen LogP contribution is -2.29. The Hall–Kier alpha value is -2.32. The summed E-state index contributed by atoms with van der Waals surface area (Å²) in [6, 6.07) is 4.98. The third kappa shape index (κ3) is 6.54. The Balaban J connectivity index is 3.14. The topological polar surface area (TPSA) is 84.2 Å². The molecule has 124 valence electrons. The van der Waals surface area contributed by atoms with Crippen LogP contribution in [0.25, 0.3) is 0 Å². The summed E-state index contributed by atoms with van der Waals surface area (Å²) in [7, 11) is 0. The molecule has 0 atom stereocenters. The lowest BCUT2D eigenvalue weighted by atomic mass is 10.0. The van der Waals surface area contributed by atoms with Crippen molar-refractivity contribution in [3.8, 4) is 11.8 Å². The summed E-state index contributed by atoms with van der Waals surface area (Å²) in [6.45, 7) is 7.30. The number of benzene rings is 1. The van der Waals surface area contributed by atoms with Gasteiger partial charge >= 0.3 is 0 Å². The van der Waals surface area contributed by atoms with Crippen LogP contribution in [0.4, 0.5) is 0 Å². The van der Waals surface area contributed by atoms with Crippen molar-refractivity contribution in [2.24, 2.45) is 11.7 Å². The van der Waals surface area contributed by atoms with Gasteiger partial charge in [-0.25, -0.2) is 0 Å². The highest BCUT2D eigenvalue weighted by Crippen LogP contribution is 2.11. The maximum Gasteiger partial charge on any atom is 0.251 e. The number of amides is 2. The van der Waals surface area contributed by atoms with Gasteiger partial charge in [-0.15, -0.1) is 0 Å². The summed E-state index contributed by atoms with van der Waals surface area (Å²) in [4.78, 5) is 24.3. The monoisotopic (exact) mass is 315 g/mol. The first-order chi connectivity index (χ1) is 11.0. The van der Waals surface area contributed by atoms with E-state index in [1.54, 1.807) is 18.2 Å². The molecule has 1 rings (SSSR count). The molecule has 5 nitrogen and oxygen atoms in total. The molecule has 0 bridgehead atoms. The van der Waals surface area contributed by atoms with E-state index in [1.807, 2.05) is 20.8 Å². The largest absolute Gasteiger partial charge is 0.352 e. The summed E-state index contributed by atoms with van der Waals surface area (Å²) in [5.41, 5.74) is 6.90. The minimum Gasteiger partial charge on any atom is -0.352 e. The van der Waals surface area contributed by atoms with Crippen molar-refractivity contribution in [3.05, 3.63) is 34.9 Å². The minimum absolute atomic E-state index is 0.201. The van der Waals surface area contributed by atoms with Crippen LogP contribution in [0.3, 0.4) is 0 Å². The van der Waals surface area contributed by atoms with Gasteiger partial charge in [-0.3, -0.25) is 9.59 Å². The van der Waals surface area contributed by atoms with Crippen LogP contribution < -0.4 is 16.4 Å². The van der Waals surface area contributed by atoms with Crippen LogP contribution in [0.15, 0.2) is 18.2 Å². The molecule has 2 amide bonds. The zero-order valence-electron chi connectivity index (χ0n) is 14.0. The van der Waals surface area contributed by atoms with Crippen LogP contribution in [0.2, 0.25) is 0 Å². The summed E-state index contributed by atoms with van der Waals surface area (Å²) in [6.07, 6.45) is 0.850. The molecule has 1 aromatic carbocycles. The number of hydrogen-bond donors (Lipinski definition) is 3. The van der Waals surface area contributed by atoms with Crippen molar-refractivity contribution in [3.63, 3.8) is 0 Å². The van der Waals surface area contributed by atoms with E-state index >= 15 is 0 Å². The normalized spacial score (nSPS) is 9.96. The Morgan fingerprint density at radius 3 is 2.13 bits per heavy atom. The van der Waals surface area contributed by atoms with E-state index in [0.29, 0.717) is 36.3 Å². The van der Waals surface area contributed by atoms with Crippen molar-refractivity contribution in [1.82, 2.24) is 10.6 Å². The van der Waals surface area contributed by atoms with Crippen molar-refractivity contribution in [2.45, 2.75) is 27.2 Å². The maximum atomic E-state index is 12.2. The van der Waals surface area contributed by atoms with Crippen LogP contribution in [0, 0.1) is 17.8 Å². The fourth-order valence-electron chi connectivity index (χ4n) is 1.82. The molecule has 0 saturated heterocycles. The molecular weight excluding hydrogens is 290 g/mol. The van der Waals surface area contributed by atoms with E-state index in [1.165, 1.54) is 0 Å². The Bertz CT molecular complexity index is 574. The second kappa shape index (κ2) is 9.65. The third-order valence-electron chi connectivity index (χ3n) is 2.93. The molecule has 0 unspecified atom stereocenters. The van der Waals surface area contributed by atoms with Crippen LogP contribution in [0.5, 0.6) is 0 Å². The third-order valence-corrected chi connectivity index (χ3v) is 2.93. The number of carbonyl (C=O) groups excluding carboxylic acids is 2. The Morgan fingerprint density at radius 1 is 1.09 bits per heavy atom. The average Bonchev–Trinajstić information content (AvgIpc) is 2.55. The highest BCUT2D eigenvalue weighted by molar-refractivity contribution is 6.00. The molecule has 23 heavy (non-hydrogen) atoms. The standard InChI is InChI=1S/C18H25N3O2/c1-4-8-20-17(22)15-10-14(6-5-13(2)3)11-16(12-15)18(23)21-9-7-19/h10-13H,4,7-9,19H2,1-3H3,(H,20,22)(H,21,23). The van der Waals surface area contributed by atoms with Gasteiger partial charge in [0.25, 0.3) is 11.8 Å². The molecule has 0 aromatic heterocycles. The molecule has 0 fully saturated rings. The predicted octanol–water partition coefficient (Wildman–Crippen LogP) is 1.52. The molecule has 0 saturated carbocycles. The molecule has 4 N–H and O–H groups in total. The SMILES string of the molecule is CCCNC(=O)c1cc(C#CC(C)C)cc(C(=O)NCCN)c1. The molecule has 0 aliphatic carbocycles. The van der Waals surface area contributed by atoms with E-state index in [-0.39, 0.29) is 17.7 Å². The summed E-state index contributed by atoms with van der Waals surface area (Å²) < 4.78 is 0.